The molecule has 1 aromatic rings. The molecular formula is C12H15FN2. The first-order chi connectivity index (χ1) is 7.13. The van der Waals surface area contributed by atoms with Crippen molar-refractivity contribution in [2.45, 2.75) is 32.4 Å². The molecule has 0 spiro atoms. The number of benzene rings is 1. The van der Waals surface area contributed by atoms with Crippen LogP contribution < -0.4 is 5.32 Å². The van der Waals surface area contributed by atoms with Crippen LogP contribution in [0.25, 0.3) is 0 Å². The first-order valence-electron chi connectivity index (χ1n) is 5.02. The molecule has 0 aromatic heterocycles. The summed E-state index contributed by atoms with van der Waals surface area (Å²) >= 11 is 0. The molecule has 1 aromatic carbocycles. The third-order valence-electron chi connectivity index (χ3n) is 2.28. The average molecular weight is 206 g/mol. The van der Waals surface area contributed by atoms with Crippen LogP contribution in [0.5, 0.6) is 0 Å². The number of rotatable bonds is 4. The zero-order valence-electron chi connectivity index (χ0n) is 9.00. The normalized spacial score (nSPS) is 14.3. The Morgan fingerprint density at radius 2 is 2.20 bits per heavy atom. The molecule has 0 bridgehead atoms. The minimum atomic E-state index is -0.228. The zero-order chi connectivity index (χ0) is 11.3. The van der Waals surface area contributed by atoms with E-state index in [0.717, 1.165) is 5.56 Å². The van der Waals surface area contributed by atoms with Gasteiger partial charge in [-0.2, -0.15) is 5.26 Å². The van der Waals surface area contributed by atoms with Gasteiger partial charge in [-0.05, 0) is 31.5 Å². The van der Waals surface area contributed by atoms with Gasteiger partial charge in [-0.15, -0.1) is 0 Å². The van der Waals surface area contributed by atoms with Crippen molar-refractivity contribution in [3.8, 4) is 6.07 Å². The lowest BCUT2D eigenvalue weighted by molar-refractivity contribution is 0.483. The van der Waals surface area contributed by atoms with E-state index in [1.54, 1.807) is 6.07 Å². The molecule has 2 atom stereocenters. The fraction of sp³-hybridized carbons (Fsp3) is 0.417. The van der Waals surface area contributed by atoms with E-state index in [9.17, 15) is 4.39 Å². The van der Waals surface area contributed by atoms with E-state index in [1.807, 2.05) is 19.9 Å². The molecule has 0 saturated heterocycles. The minimum Gasteiger partial charge on any atom is -0.307 e. The second kappa shape index (κ2) is 5.47. The van der Waals surface area contributed by atoms with Crippen molar-refractivity contribution in [2.75, 3.05) is 0 Å². The summed E-state index contributed by atoms with van der Waals surface area (Å²) in [4.78, 5) is 0. The Morgan fingerprint density at radius 1 is 1.47 bits per heavy atom. The van der Waals surface area contributed by atoms with Gasteiger partial charge in [-0.25, -0.2) is 4.39 Å². The molecule has 15 heavy (non-hydrogen) atoms. The zero-order valence-corrected chi connectivity index (χ0v) is 9.00. The molecule has 1 rings (SSSR count). The fourth-order valence-corrected chi connectivity index (χ4v) is 1.49. The Bertz CT molecular complexity index is 357. The molecule has 0 radical (unpaired) electrons. The topological polar surface area (TPSA) is 35.8 Å². The summed E-state index contributed by atoms with van der Waals surface area (Å²) in [5.41, 5.74) is 0.903. The molecule has 0 aliphatic heterocycles. The lowest BCUT2D eigenvalue weighted by atomic mass is 10.1. The third kappa shape index (κ3) is 3.69. The summed E-state index contributed by atoms with van der Waals surface area (Å²) in [5.74, 6) is -0.228. The summed E-state index contributed by atoms with van der Waals surface area (Å²) in [6, 6.07) is 8.78. The molecule has 0 heterocycles. The van der Waals surface area contributed by atoms with Crippen molar-refractivity contribution in [2.24, 2.45) is 0 Å². The van der Waals surface area contributed by atoms with Gasteiger partial charge in [0.15, 0.2) is 0 Å². The van der Waals surface area contributed by atoms with Crippen LogP contribution in [0.4, 0.5) is 4.39 Å². The van der Waals surface area contributed by atoms with Crippen LogP contribution in [-0.4, -0.2) is 6.04 Å². The standard InChI is InChI=1S/C12H15FN2/c1-9(6-7-14)15-10(2)11-4-3-5-12(13)8-11/h3-5,8-10,15H,6H2,1-2H3/t9?,10-/m0/s1. The maximum atomic E-state index is 12.9. The SMILES string of the molecule is CC(CC#N)N[C@@H](C)c1cccc(F)c1. The van der Waals surface area contributed by atoms with Crippen LogP contribution in [0.15, 0.2) is 24.3 Å². The van der Waals surface area contributed by atoms with Crippen LogP contribution in [0, 0.1) is 17.1 Å². The number of hydrogen-bond donors (Lipinski definition) is 1. The van der Waals surface area contributed by atoms with E-state index in [1.165, 1.54) is 12.1 Å². The largest absolute Gasteiger partial charge is 0.307 e. The fourth-order valence-electron chi connectivity index (χ4n) is 1.49. The molecule has 2 nitrogen and oxygen atoms in total. The Morgan fingerprint density at radius 3 is 2.80 bits per heavy atom. The highest BCUT2D eigenvalue weighted by Gasteiger charge is 2.09. The van der Waals surface area contributed by atoms with Crippen molar-refractivity contribution in [3.63, 3.8) is 0 Å². The van der Waals surface area contributed by atoms with Crippen molar-refractivity contribution in [3.05, 3.63) is 35.6 Å². The number of halogens is 1. The van der Waals surface area contributed by atoms with E-state index < -0.39 is 0 Å². The molecule has 0 saturated carbocycles. The molecule has 1 unspecified atom stereocenters. The van der Waals surface area contributed by atoms with Gasteiger partial charge in [-0.1, -0.05) is 12.1 Å². The van der Waals surface area contributed by atoms with E-state index in [-0.39, 0.29) is 17.9 Å². The highest BCUT2D eigenvalue weighted by atomic mass is 19.1. The van der Waals surface area contributed by atoms with Gasteiger partial charge in [0.25, 0.3) is 0 Å². The van der Waals surface area contributed by atoms with Gasteiger partial charge in [0.1, 0.15) is 5.82 Å². The van der Waals surface area contributed by atoms with Crippen molar-refractivity contribution >= 4 is 0 Å². The van der Waals surface area contributed by atoms with Gasteiger partial charge in [-0.3, -0.25) is 0 Å². The maximum absolute atomic E-state index is 12.9. The highest BCUT2D eigenvalue weighted by Crippen LogP contribution is 2.14. The molecular weight excluding hydrogens is 191 g/mol. The van der Waals surface area contributed by atoms with Gasteiger partial charge >= 0.3 is 0 Å². The third-order valence-corrected chi connectivity index (χ3v) is 2.28. The monoisotopic (exact) mass is 206 g/mol. The van der Waals surface area contributed by atoms with Crippen molar-refractivity contribution in [1.29, 1.82) is 5.26 Å². The van der Waals surface area contributed by atoms with Crippen LogP contribution in [-0.2, 0) is 0 Å². The van der Waals surface area contributed by atoms with Gasteiger partial charge in [0, 0.05) is 12.1 Å². The van der Waals surface area contributed by atoms with Gasteiger partial charge in [0.2, 0.25) is 0 Å². The molecule has 0 fully saturated rings. The number of nitrogens with zero attached hydrogens (tertiary/aromatic N) is 1. The van der Waals surface area contributed by atoms with E-state index in [4.69, 9.17) is 5.26 Å². The van der Waals surface area contributed by atoms with Crippen molar-refractivity contribution in [1.82, 2.24) is 5.32 Å². The summed E-state index contributed by atoms with van der Waals surface area (Å²) in [6.07, 6.45) is 0.458. The quantitative estimate of drug-likeness (QED) is 0.822. The van der Waals surface area contributed by atoms with Crippen LogP contribution in [0.1, 0.15) is 31.9 Å². The van der Waals surface area contributed by atoms with Gasteiger partial charge < -0.3 is 5.32 Å². The molecule has 0 amide bonds. The molecule has 1 N–H and O–H groups in total. The smallest absolute Gasteiger partial charge is 0.123 e. The lowest BCUT2D eigenvalue weighted by Gasteiger charge is -2.18. The minimum absolute atomic E-state index is 0.0593. The Labute approximate surface area is 89.7 Å². The lowest BCUT2D eigenvalue weighted by Crippen LogP contribution is -2.28. The second-order valence-electron chi connectivity index (χ2n) is 3.71. The summed E-state index contributed by atoms with van der Waals surface area (Å²) in [5, 5.41) is 11.7. The molecule has 80 valence electrons. The number of hydrogen-bond acceptors (Lipinski definition) is 2. The summed E-state index contributed by atoms with van der Waals surface area (Å²) in [7, 11) is 0. The molecule has 0 aliphatic rings. The first-order valence-corrected chi connectivity index (χ1v) is 5.02. The van der Waals surface area contributed by atoms with E-state index >= 15 is 0 Å². The average Bonchev–Trinajstić information content (AvgIpc) is 2.18. The van der Waals surface area contributed by atoms with E-state index in [0.29, 0.717) is 6.42 Å². The number of nitriles is 1. The first kappa shape index (κ1) is 11.7. The van der Waals surface area contributed by atoms with Crippen LogP contribution in [0.3, 0.4) is 0 Å². The Kier molecular flexibility index (Phi) is 4.26. The van der Waals surface area contributed by atoms with Gasteiger partial charge in [0.05, 0.1) is 12.5 Å². The molecule has 3 heteroatoms. The van der Waals surface area contributed by atoms with Crippen LogP contribution >= 0.6 is 0 Å². The Balaban J connectivity index is 2.61. The van der Waals surface area contributed by atoms with Crippen molar-refractivity contribution < 1.29 is 4.39 Å². The predicted octanol–water partition coefficient (Wildman–Crippen LogP) is 2.78. The Hall–Kier alpha value is -1.40. The molecule has 0 aliphatic carbocycles. The summed E-state index contributed by atoms with van der Waals surface area (Å²) < 4.78 is 12.9. The van der Waals surface area contributed by atoms with Crippen LogP contribution in [0.2, 0.25) is 0 Å². The second-order valence-corrected chi connectivity index (χ2v) is 3.71. The summed E-state index contributed by atoms with van der Waals surface area (Å²) in [6.45, 7) is 3.90. The number of nitrogens with one attached hydrogen (secondary N) is 1. The highest BCUT2D eigenvalue weighted by molar-refractivity contribution is 5.19. The van der Waals surface area contributed by atoms with E-state index in [2.05, 4.69) is 11.4 Å². The maximum Gasteiger partial charge on any atom is 0.123 e. The predicted molar refractivity (Wildman–Crippen MR) is 57.6 cm³/mol.